The largest absolute Gasteiger partial charge is 0.352 e. The van der Waals surface area contributed by atoms with Crippen molar-refractivity contribution in [3.8, 4) is 0 Å². The molecular formula is C33H21BrN2O5. The average molecular weight is 605 g/mol. The Kier molecular flexibility index (Phi) is 5.66. The lowest BCUT2D eigenvalue weighted by Gasteiger charge is -2.37. The Bertz CT molecular complexity index is 1800. The maximum Gasteiger partial charge on any atom is 0.269 e. The van der Waals surface area contributed by atoms with Gasteiger partial charge in [-0.25, -0.2) is 0 Å². The quantitative estimate of drug-likeness (QED) is 0.112. The Hall–Kier alpha value is -4.69. The topological polar surface area (TPSA) is 97.6 Å². The molecule has 4 aromatic carbocycles. The predicted molar refractivity (Wildman–Crippen MR) is 157 cm³/mol. The number of Topliss-reactive ketones (excluding diaryl/α,β-unsaturated/α-hetero) is 3. The lowest BCUT2D eigenvalue weighted by atomic mass is 9.64. The van der Waals surface area contributed by atoms with Crippen LogP contribution in [0.5, 0.6) is 0 Å². The highest BCUT2D eigenvalue weighted by molar-refractivity contribution is 9.10. The van der Waals surface area contributed by atoms with Crippen LogP contribution < -0.4 is 4.90 Å². The molecule has 1 fully saturated rings. The fraction of sp³-hybridized carbons (Fsp3) is 0.121. The zero-order valence-corrected chi connectivity index (χ0v) is 23.0. The van der Waals surface area contributed by atoms with E-state index in [1.807, 2.05) is 41.3 Å². The minimum absolute atomic E-state index is 0.177. The fourth-order valence-corrected chi connectivity index (χ4v) is 7.30. The predicted octanol–water partition coefficient (Wildman–Crippen LogP) is 6.67. The van der Waals surface area contributed by atoms with E-state index in [2.05, 4.69) is 15.9 Å². The number of hydrogen-bond donors (Lipinski definition) is 0. The van der Waals surface area contributed by atoms with E-state index in [1.165, 1.54) is 12.1 Å². The Morgan fingerprint density at radius 1 is 0.854 bits per heavy atom. The number of anilines is 1. The Morgan fingerprint density at radius 3 is 2.22 bits per heavy atom. The first-order valence-electron chi connectivity index (χ1n) is 13.1. The molecule has 0 N–H and O–H groups in total. The summed E-state index contributed by atoms with van der Waals surface area (Å²) < 4.78 is 0.842. The van der Waals surface area contributed by atoms with Crippen molar-refractivity contribution in [2.45, 2.75) is 18.0 Å². The smallest absolute Gasteiger partial charge is 0.269 e. The molecule has 4 aromatic rings. The van der Waals surface area contributed by atoms with Gasteiger partial charge in [0.25, 0.3) is 5.69 Å². The van der Waals surface area contributed by atoms with Gasteiger partial charge in [-0.05, 0) is 29.3 Å². The third kappa shape index (κ3) is 3.47. The van der Waals surface area contributed by atoms with E-state index in [0.717, 1.165) is 10.0 Å². The third-order valence-electron chi connectivity index (χ3n) is 8.53. The van der Waals surface area contributed by atoms with Crippen molar-refractivity contribution in [2.75, 3.05) is 4.90 Å². The lowest BCUT2D eigenvalue weighted by Crippen LogP contribution is -2.48. The average Bonchev–Trinajstić information content (AvgIpc) is 3.43. The van der Waals surface area contributed by atoms with Crippen LogP contribution in [-0.2, 0) is 0 Å². The molecule has 3 aliphatic rings. The van der Waals surface area contributed by atoms with Gasteiger partial charge in [-0.2, -0.15) is 0 Å². The molecule has 0 aromatic heterocycles. The minimum atomic E-state index is -1.71. The number of hydrogen-bond acceptors (Lipinski definition) is 6. The van der Waals surface area contributed by atoms with Crippen LogP contribution in [0.3, 0.4) is 0 Å². The second-order valence-electron chi connectivity index (χ2n) is 10.5. The minimum Gasteiger partial charge on any atom is -0.352 e. The molecule has 7 nitrogen and oxygen atoms in total. The maximum atomic E-state index is 14.6. The third-order valence-corrected chi connectivity index (χ3v) is 9.03. The summed E-state index contributed by atoms with van der Waals surface area (Å²) in [6.07, 6.45) is 3.71. The Labute approximate surface area is 243 Å². The van der Waals surface area contributed by atoms with Gasteiger partial charge >= 0.3 is 0 Å². The molecule has 1 aliphatic carbocycles. The number of carbonyl (C=O) groups is 3. The summed E-state index contributed by atoms with van der Waals surface area (Å²) in [5, 5.41) is 11.9. The van der Waals surface area contributed by atoms with Gasteiger partial charge in [0.05, 0.1) is 11.0 Å². The van der Waals surface area contributed by atoms with Gasteiger partial charge in [0.15, 0.2) is 17.3 Å². The summed E-state index contributed by atoms with van der Waals surface area (Å²) in [7, 11) is 0. The first kappa shape index (κ1) is 25.3. The van der Waals surface area contributed by atoms with Crippen molar-refractivity contribution in [1.29, 1.82) is 0 Å². The van der Waals surface area contributed by atoms with Crippen LogP contribution in [0, 0.1) is 15.5 Å². The summed E-state index contributed by atoms with van der Waals surface area (Å²) >= 11 is 3.52. The summed E-state index contributed by atoms with van der Waals surface area (Å²) in [5.41, 5.74) is 1.06. The van der Waals surface area contributed by atoms with Crippen LogP contribution in [0.25, 0.3) is 6.08 Å². The van der Waals surface area contributed by atoms with E-state index >= 15 is 0 Å². The van der Waals surface area contributed by atoms with Gasteiger partial charge in [0, 0.05) is 44.9 Å². The molecule has 0 amide bonds. The molecule has 7 rings (SSSR count). The highest BCUT2D eigenvalue weighted by atomic mass is 79.9. The highest BCUT2D eigenvalue weighted by Gasteiger charge is 2.71. The number of fused-ring (bicyclic) bond motifs is 5. The summed E-state index contributed by atoms with van der Waals surface area (Å²) in [6, 6.07) is 25.3. The van der Waals surface area contributed by atoms with Crippen LogP contribution in [0.4, 0.5) is 11.4 Å². The fourth-order valence-electron chi connectivity index (χ4n) is 6.93. The van der Waals surface area contributed by atoms with Crippen molar-refractivity contribution in [1.82, 2.24) is 0 Å². The van der Waals surface area contributed by atoms with Crippen LogP contribution in [-0.4, -0.2) is 34.4 Å². The second kappa shape index (κ2) is 9.17. The number of benzene rings is 4. The molecule has 0 bridgehead atoms. The molecule has 2 aliphatic heterocycles. The summed E-state index contributed by atoms with van der Waals surface area (Å²) in [6.45, 7) is 0. The van der Waals surface area contributed by atoms with Crippen LogP contribution in [0.1, 0.15) is 48.1 Å². The van der Waals surface area contributed by atoms with Crippen LogP contribution in [0.2, 0.25) is 0 Å². The van der Waals surface area contributed by atoms with Crippen molar-refractivity contribution in [3.63, 3.8) is 0 Å². The standard InChI is InChI=1S/C33H21BrN2O5/c34-22-14-15-26-20(17-22)13-16-27-33(31(38)24-11-4-5-12-25(24)32(33)39)28(21-9-6-10-23(18-21)36(40)41)29(35(26)27)30(37)19-7-2-1-3-8-19/h1-18,27-29H/t27-,28-,29+/m0/s1. The molecule has 41 heavy (non-hydrogen) atoms. The zero-order valence-electron chi connectivity index (χ0n) is 21.4. The maximum absolute atomic E-state index is 14.6. The monoisotopic (exact) mass is 604 g/mol. The molecule has 200 valence electrons. The number of nitro benzene ring substituents is 1. The molecule has 1 saturated heterocycles. The normalized spacial score (nSPS) is 21.5. The van der Waals surface area contributed by atoms with Crippen molar-refractivity contribution < 1.29 is 19.3 Å². The molecule has 0 radical (unpaired) electrons. The lowest BCUT2D eigenvalue weighted by molar-refractivity contribution is -0.384. The number of nitro groups is 1. The number of non-ortho nitro benzene ring substituents is 1. The Balaban J connectivity index is 1.57. The van der Waals surface area contributed by atoms with E-state index in [1.54, 1.807) is 60.7 Å². The van der Waals surface area contributed by atoms with E-state index in [0.29, 0.717) is 27.9 Å². The molecule has 2 heterocycles. The van der Waals surface area contributed by atoms with E-state index in [4.69, 9.17) is 0 Å². The molecule has 3 atom stereocenters. The van der Waals surface area contributed by atoms with Gasteiger partial charge in [0.1, 0.15) is 11.5 Å². The Morgan fingerprint density at radius 2 is 1.54 bits per heavy atom. The van der Waals surface area contributed by atoms with Gasteiger partial charge in [-0.1, -0.05) is 94.8 Å². The van der Waals surface area contributed by atoms with Gasteiger partial charge in [-0.15, -0.1) is 0 Å². The van der Waals surface area contributed by atoms with Crippen LogP contribution in [0.15, 0.2) is 108 Å². The first-order valence-corrected chi connectivity index (χ1v) is 13.9. The van der Waals surface area contributed by atoms with E-state index in [-0.39, 0.29) is 23.0 Å². The first-order chi connectivity index (χ1) is 19.8. The number of carbonyl (C=O) groups excluding carboxylic acids is 3. The number of nitrogens with zero attached hydrogens (tertiary/aromatic N) is 2. The SMILES string of the molecule is O=C(c1ccccc1)[C@H]1[C@H](c2cccc([N+](=O)[O-])c2)C2(C(=O)c3ccccc3C2=O)[C@@H]2C=Cc3cc(Br)ccc3N21. The van der Waals surface area contributed by atoms with Gasteiger partial charge in [-0.3, -0.25) is 24.5 Å². The molecule has 0 saturated carbocycles. The highest BCUT2D eigenvalue weighted by Crippen LogP contribution is 2.61. The molecule has 8 heteroatoms. The number of ketones is 3. The van der Waals surface area contributed by atoms with Crippen molar-refractivity contribution >= 4 is 50.7 Å². The van der Waals surface area contributed by atoms with E-state index < -0.39 is 28.3 Å². The molecule has 1 spiro atoms. The van der Waals surface area contributed by atoms with Crippen molar-refractivity contribution in [3.05, 3.63) is 146 Å². The van der Waals surface area contributed by atoms with Crippen LogP contribution >= 0.6 is 15.9 Å². The molecular weight excluding hydrogens is 584 g/mol. The summed E-state index contributed by atoms with van der Waals surface area (Å²) in [4.78, 5) is 57.1. The van der Waals surface area contributed by atoms with E-state index in [9.17, 15) is 24.5 Å². The van der Waals surface area contributed by atoms with Crippen molar-refractivity contribution in [2.24, 2.45) is 5.41 Å². The molecule has 0 unspecified atom stereocenters. The number of rotatable bonds is 4. The number of halogens is 1. The second-order valence-corrected chi connectivity index (χ2v) is 11.4. The van der Waals surface area contributed by atoms with Gasteiger partial charge < -0.3 is 4.90 Å². The van der Waals surface area contributed by atoms with Gasteiger partial charge in [0.2, 0.25) is 0 Å². The zero-order chi connectivity index (χ0) is 28.5. The summed E-state index contributed by atoms with van der Waals surface area (Å²) in [5.74, 6) is -2.03.